The Kier molecular flexibility index (Phi) is 11.2. The van der Waals surface area contributed by atoms with Crippen LogP contribution < -0.4 is 11.1 Å². The summed E-state index contributed by atoms with van der Waals surface area (Å²) in [6.45, 7) is 3.61. The minimum Gasteiger partial charge on any atom is -0.370 e. The fourth-order valence-corrected chi connectivity index (χ4v) is 4.55. The van der Waals surface area contributed by atoms with Gasteiger partial charge in [0.05, 0.1) is 6.61 Å². The molecule has 3 rings (SSSR count). The van der Waals surface area contributed by atoms with Gasteiger partial charge in [0.2, 0.25) is 17.7 Å². The lowest BCUT2D eigenvalue weighted by Crippen LogP contribution is -2.56. The highest BCUT2D eigenvalue weighted by Crippen LogP contribution is 2.21. The molecule has 218 valence electrons. The van der Waals surface area contributed by atoms with Gasteiger partial charge < -0.3 is 25.6 Å². The second-order valence-electron chi connectivity index (χ2n) is 11.0. The molecule has 0 aliphatic carbocycles. The molecule has 3 aromatic rings. The molecule has 41 heavy (non-hydrogen) atoms. The molecule has 0 aliphatic rings. The number of nitrogens with one attached hydrogen (secondary N) is 1. The number of ether oxygens (including phenoxy) is 1. The van der Waals surface area contributed by atoms with Gasteiger partial charge in [0.25, 0.3) is 0 Å². The molecule has 3 aromatic carbocycles. The third-order valence-corrected chi connectivity index (χ3v) is 6.97. The quantitative estimate of drug-likeness (QED) is 0.335. The first kappa shape index (κ1) is 31.5. The van der Waals surface area contributed by atoms with Crippen molar-refractivity contribution in [3.63, 3.8) is 0 Å². The van der Waals surface area contributed by atoms with Gasteiger partial charge in [-0.25, -0.2) is 0 Å². The van der Waals surface area contributed by atoms with Crippen molar-refractivity contribution in [1.29, 1.82) is 0 Å². The lowest BCUT2D eigenvalue weighted by molar-refractivity contribution is -0.149. The molecule has 8 nitrogen and oxygen atoms in total. The van der Waals surface area contributed by atoms with E-state index in [4.69, 9.17) is 10.5 Å². The first-order valence-electron chi connectivity index (χ1n) is 13.8. The van der Waals surface area contributed by atoms with Crippen LogP contribution in [0.2, 0.25) is 0 Å². The summed E-state index contributed by atoms with van der Waals surface area (Å²) in [5, 5.41) is 2.68. The molecule has 0 saturated carbocycles. The fraction of sp³-hybridized carbons (Fsp3) is 0.364. The van der Waals surface area contributed by atoms with Crippen LogP contribution in [0, 0.1) is 0 Å². The number of nitrogens with two attached hydrogens (primary N) is 1. The van der Waals surface area contributed by atoms with Gasteiger partial charge in [0.15, 0.2) is 0 Å². The number of amides is 3. The van der Waals surface area contributed by atoms with Gasteiger partial charge in [0.1, 0.15) is 18.7 Å². The normalized spacial score (nSPS) is 12.7. The largest absolute Gasteiger partial charge is 0.370 e. The van der Waals surface area contributed by atoms with Crippen molar-refractivity contribution in [2.75, 3.05) is 34.4 Å². The Morgan fingerprint density at radius 3 is 1.85 bits per heavy atom. The summed E-state index contributed by atoms with van der Waals surface area (Å²) in [5.74, 6) is -0.962. The second-order valence-corrected chi connectivity index (χ2v) is 11.0. The van der Waals surface area contributed by atoms with Gasteiger partial charge in [-0.1, -0.05) is 84.9 Å². The van der Waals surface area contributed by atoms with Crippen molar-refractivity contribution in [1.82, 2.24) is 15.1 Å². The first-order chi connectivity index (χ1) is 19.5. The molecule has 3 N–H and O–H groups in total. The highest BCUT2D eigenvalue weighted by Gasteiger charge is 2.35. The summed E-state index contributed by atoms with van der Waals surface area (Å²) in [7, 11) is 4.76. The Morgan fingerprint density at radius 2 is 1.29 bits per heavy atom. The Labute approximate surface area is 243 Å². The van der Waals surface area contributed by atoms with Crippen molar-refractivity contribution in [2.24, 2.45) is 5.73 Å². The maximum Gasteiger partial charge on any atom is 0.249 e. The molecule has 2 atom stereocenters. The van der Waals surface area contributed by atoms with Crippen molar-refractivity contribution in [3.05, 3.63) is 96.1 Å². The van der Waals surface area contributed by atoms with Gasteiger partial charge in [-0.15, -0.1) is 0 Å². The molecule has 0 aliphatic heterocycles. The molecular weight excluding hydrogens is 516 g/mol. The van der Waals surface area contributed by atoms with E-state index in [0.29, 0.717) is 6.42 Å². The van der Waals surface area contributed by atoms with E-state index in [1.807, 2.05) is 98.8 Å². The molecule has 0 heterocycles. The van der Waals surface area contributed by atoms with Gasteiger partial charge in [-0.05, 0) is 36.1 Å². The Morgan fingerprint density at radius 1 is 0.780 bits per heavy atom. The van der Waals surface area contributed by atoms with Gasteiger partial charge in [-0.2, -0.15) is 0 Å². The Balaban J connectivity index is 1.87. The minimum atomic E-state index is -0.854. The number of rotatable bonds is 13. The summed E-state index contributed by atoms with van der Waals surface area (Å²) in [6.07, 6.45) is 0.613. The third kappa shape index (κ3) is 9.27. The Bertz CT molecular complexity index is 1270. The van der Waals surface area contributed by atoms with Crippen LogP contribution in [0.1, 0.15) is 25.0 Å². The summed E-state index contributed by atoms with van der Waals surface area (Å²) in [6, 6.07) is 25.9. The standard InChI is InChI=1S/C33H42N4O4/c1-33(2,34)23-41-22-30(38)36(4)29(21-25-16-18-27(19-17-25)26-14-10-7-11-15-26)32(40)37(5)28(31(39)35-3)20-24-12-8-6-9-13-24/h6-19,28-29H,20-23,34H2,1-5H3,(H,35,39)/t28-,29-/m1/s1. The predicted octanol–water partition coefficient (Wildman–Crippen LogP) is 3.29. The van der Waals surface area contributed by atoms with Crippen molar-refractivity contribution in [2.45, 2.75) is 44.3 Å². The van der Waals surface area contributed by atoms with Crippen molar-refractivity contribution >= 4 is 17.7 Å². The third-order valence-electron chi connectivity index (χ3n) is 6.97. The van der Waals surface area contributed by atoms with Crippen LogP contribution >= 0.6 is 0 Å². The number of hydrogen-bond acceptors (Lipinski definition) is 5. The zero-order chi connectivity index (χ0) is 30.0. The first-order valence-corrected chi connectivity index (χ1v) is 13.8. The number of benzene rings is 3. The molecule has 0 fully saturated rings. The molecule has 0 spiro atoms. The van der Waals surface area contributed by atoms with Crippen molar-refractivity contribution in [3.8, 4) is 11.1 Å². The van der Waals surface area contributed by atoms with E-state index >= 15 is 0 Å². The minimum absolute atomic E-state index is 0.196. The number of likely N-dealkylation sites (N-methyl/N-ethyl adjacent to an activating group) is 3. The van der Waals surface area contributed by atoms with Crippen molar-refractivity contribution < 1.29 is 19.1 Å². The molecule has 0 unspecified atom stereocenters. The summed E-state index contributed by atoms with van der Waals surface area (Å²) in [5.41, 5.74) is 9.36. The van der Waals surface area contributed by atoms with E-state index in [0.717, 1.165) is 22.3 Å². The summed E-state index contributed by atoms with van der Waals surface area (Å²) in [4.78, 5) is 43.0. The predicted molar refractivity (Wildman–Crippen MR) is 162 cm³/mol. The monoisotopic (exact) mass is 558 g/mol. The van der Waals surface area contributed by atoms with Crippen LogP contribution in [0.5, 0.6) is 0 Å². The van der Waals surface area contributed by atoms with E-state index in [1.165, 1.54) is 9.80 Å². The number of nitrogens with zero attached hydrogens (tertiary/aromatic N) is 2. The molecule has 0 bridgehead atoms. The van der Waals surface area contributed by atoms with Crippen LogP contribution in [0.3, 0.4) is 0 Å². The molecule has 3 amide bonds. The van der Waals surface area contributed by atoms with Gasteiger partial charge >= 0.3 is 0 Å². The number of carbonyl (C=O) groups is 3. The lowest BCUT2D eigenvalue weighted by atomic mass is 9.98. The average Bonchev–Trinajstić information content (AvgIpc) is 2.97. The molecule has 0 saturated heterocycles. The van der Waals surface area contributed by atoms with E-state index in [2.05, 4.69) is 5.32 Å². The highest BCUT2D eigenvalue weighted by molar-refractivity contribution is 5.92. The fourth-order valence-electron chi connectivity index (χ4n) is 4.55. The maximum absolute atomic E-state index is 14.1. The van der Waals surface area contributed by atoms with E-state index in [-0.39, 0.29) is 37.4 Å². The van der Waals surface area contributed by atoms with Gasteiger partial charge in [0, 0.05) is 39.5 Å². The van der Waals surface area contributed by atoms with E-state index in [1.54, 1.807) is 21.1 Å². The Hall–Kier alpha value is -4.01. The lowest BCUT2D eigenvalue weighted by Gasteiger charge is -2.34. The van der Waals surface area contributed by atoms with E-state index < -0.39 is 17.6 Å². The highest BCUT2D eigenvalue weighted by atomic mass is 16.5. The zero-order valence-electron chi connectivity index (χ0n) is 24.7. The van der Waals surface area contributed by atoms with Crippen LogP contribution in [0.15, 0.2) is 84.9 Å². The molecule has 8 heteroatoms. The van der Waals surface area contributed by atoms with E-state index in [9.17, 15) is 14.4 Å². The van der Waals surface area contributed by atoms with Gasteiger partial charge in [-0.3, -0.25) is 14.4 Å². The average molecular weight is 559 g/mol. The van der Waals surface area contributed by atoms with Crippen LogP contribution in [-0.4, -0.2) is 79.5 Å². The van der Waals surface area contributed by atoms with Crippen LogP contribution in [-0.2, 0) is 32.0 Å². The van der Waals surface area contributed by atoms with Crippen LogP contribution in [0.25, 0.3) is 11.1 Å². The topological polar surface area (TPSA) is 105 Å². The number of hydrogen-bond donors (Lipinski definition) is 2. The zero-order valence-corrected chi connectivity index (χ0v) is 24.7. The molecule has 0 aromatic heterocycles. The maximum atomic E-state index is 14.1. The summed E-state index contributed by atoms with van der Waals surface area (Å²) >= 11 is 0. The number of carbonyl (C=O) groups excluding carboxylic acids is 3. The second kappa shape index (κ2) is 14.6. The summed E-state index contributed by atoms with van der Waals surface area (Å²) < 4.78 is 5.56. The SMILES string of the molecule is CNC(=O)[C@@H](Cc1ccccc1)N(C)C(=O)[C@@H](Cc1ccc(-c2ccccc2)cc1)N(C)C(=O)COCC(C)(C)N. The molecular formula is C33H42N4O4. The smallest absolute Gasteiger partial charge is 0.249 e. The van der Waals surface area contributed by atoms with Crippen LogP contribution in [0.4, 0.5) is 0 Å². The molecule has 0 radical (unpaired) electrons.